The summed E-state index contributed by atoms with van der Waals surface area (Å²) in [5.74, 6) is 0.795. The van der Waals surface area contributed by atoms with Gasteiger partial charge < -0.3 is 34.3 Å². The Morgan fingerprint density at radius 3 is 2.26 bits per heavy atom. The van der Waals surface area contributed by atoms with Crippen LogP contribution in [0.3, 0.4) is 0 Å². The van der Waals surface area contributed by atoms with Crippen molar-refractivity contribution in [2.75, 3.05) is 37.7 Å². The fourth-order valence-electron chi connectivity index (χ4n) is 3.28. The summed E-state index contributed by atoms with van der Waals surface area (Å²) in [4.78, 5) is 12.5. The molecule has 1 saturated heterocycles. The van der Waals surface area contributed by atoms with Crippen LogP contribution in [-0.4, -0.2) is 89.7 Å². The van der Waals surface area contributed by atoms with Gasteiger partial charge in [0.15, 0.2) is 6.29 Å². The van der Waals surface area contributed by atoms with Crippen molar-refractivity contribution >= 4 is 16.0 Å². The highest BCUT2D eigenvalue weighted by Crippen LogP contribution is 2.34. The fraction of sp³-hybridized carbons (Fsp3) is 0.480. The van der Waals surface area contributed by atoms with Crippen LogP contribution >= 0.6 is 10.0 Å². The van der Waals surface area contributed by atoms with E-state index < -0.39 is 46.7 Å². The second-order valence-electron chi connectivity index (χ2n) is 9.08. The highest BCUT2D eigenvalue weighted by molar-refractivity contribution is 8.32. The molecule has 0 radical (unpaired) electrons. The van der Waals surface area contributed by atoms with Gasteiger partial charge in [0.05, 0.1) is 12.2 Å². The van der Waals surface area contributed by atoms with Crippen molar-refractivity contribution in [1.82, 2.24) is 0 Å². The zero-order valence-electron chi connectivity index (χ0n) is 19.7. The maximum Gasteiger partial charge on any atom is 0.338 e. The van der Waals surface area contributed by atoms with Crippen molar-refractivity contribution in [3.8, 4) is 5.75 Å². The summed E-state index contributed by atoms with van der Waals surface area (Å²) in [6, 6.07) is 16.2. The Hall–Kier alpha value is -2.14. The number of carbonyl (C=O) groups is 1. The van der Waals surface area contributed by atoms with Crippen LogP contribution in [0.15, 0.2) is 54.6 Å². The van der Waals surface area contributed by atoms with Crippen molar-refractivity contribution in [3.63, 3.8) is 0 Å². The molecule has 0 unspecified atom stereocenters. The van der Waals surface area contributed by atoms with E-state index in [0.717, 1.165) is 11.3 Å². The molecule has 1 fully saturated rings. The molecule has 0 saturated carbocycles. The van der Waals surface area contributed by atoms with Gasteiger partial charge in [-0.15, -0.1) is 0 Å². The molecule has 3 rings (SSSR count). The van der Waals surface area contributed by atoms with Gasteiger partial charge in [0, 0.05) is 5.75 Å². The summed E-state index contributed by atoms with van der Waals surface area (Å²) in [5.41, 5.74) is 1.34. The molecule has 0 bridgehead atoms. The second kappa shape index (κ2) is 12.0. The van der Waals surface area contributed by atoms with E-state index in [2.05, 4.69) is 18.8 Å². The van der Waals surface area contributed by atoms with Crippen LogP contribution in [0.4, 0.5) is 0 Å². The number of hydrogen-bond acceptors (Lipinski definition) is 8. The Labute approximate surface area is 201 Å². The molecule has 1 aliphatic heterocycles. The summed E-state index contributed by atoms with van der Waals surface area (Å²) in [6.45, 7) is 0.449. The predicted molar refractivity (Wildman–Crippen MR) is 130 cm³/mol. The smallest absolute Gasteiger partial charge is 0.338 e. The van der Waals surface area contributed by atoms with Gasteiger partial charge >= 0.3 is 5.97 Å². The van der Waals surface area contributed by atoms with Gasteiger partial charge in [0.2, 0.25) is 0 Å². The Morgan fingerprint density at radius 2 is 1.62 bits per heavy atom. The Morgan fingerprint density at radius 1 is 0.941 bits per heavy atom. The van der Waals surface area contributed by atoms with Gasteiger partial charge in [-0.1, -0.05) is 30.3 Å². The number of ether oxygens (including phenoxy) is 4. The molecule has 0 aromatic heterocycles. The lowest BCUT2D eigenvalue weighted by Crippen LogP contribution is -2.59. The van der Waals surface area contributed by atoms with Gasteiger partial charge in [-0.05, 0) is 48.6 Å². The van der Waals surface area contributed by atoms with Crippen LogP contribution in [0, 0.1) is 0 Å². The molecule has 9 heteroatoms. The minimum absolute atomic E-state index is 0.305. The van der Waals surface area contributed by atoms with Crippen molar-refractivity contribution < 1.29 is 39.1 Å². The van der Waals surface area contributed by atoms with E-state index in [1.165, 1.54) is 0 Å². The van der Waals surface area contributed by atoms with Gasteiger partial charge in [0.1, 0.15) is 43.4 Å². The van der Waals surface area contributed by atoms with E-state index in [0.29, 0.717) is 24.5 Å². The third-order valence-electron chi connectivity index (χ3n) is 5.36. The Kier molecular flexibility index (Phi) is 9.35. The summed E-state index contributed by atoms with van der Waals surface area (Å²) in [5, 5.41) is 30.6. The van der Waals surface area contributed by atoms with Gasteiger partial charge in [-0.3, -0.25) is 0 Å². The van der Waals surface area contributed by atoms with Crippen LogP contribution in [0.2, 0.25) is 0 Å². The minimum Gasteiger partial charge on any atom is -0.489 e. The summed E-state index contributed by atoms with van der Waals surface area (Å²) < 4.78 is 22.2. The molecule has 2 aromatic carbocycles. The fourth-order valence-corrected chi connectivity index (χ4v) is 3.87. The number of rotatable bonds is 10. The first-order chi connectivity index (χ1) is 16.1. The number of esters is 1. The molecule has 0 amide bonds. The summed E-state index contributed by atoms with van der Waals surface area (Å²) in [7, 11) is -0.806. The Balaban J connectivity index is 1.50. The maximum atomic E-state index is 12.5. The van der Waals surface area contributed by atoms with Crippen molar-refractivity contribution in [1.29, 1.82) is 0 Å². The van der Waals surface area contributed by atoms with Crippen LogP contribution in [0.25, 0.3) is 0 Å². The van der Waals surface area contributed by atoms with Crippen molar-refractivity contribution in [2.45, 2.75) is 37.3 Å². The Bertz CT molecular complexity index is 899. The van der Waals surface area contributed by atoms with Crippen LogP contribution < -0.4 is 4.74 Å². The number of benzene rings is 2. The first kappa shape index (κ1) is 26.5. The second-order valence-corrected chi connectivity index (χ2v) is 13.7. The highest BCUT2D eigenvalue weighted by Gasteiger charge is 2.44. The van der Waals surface area contributed by atoms with E-state index in [-0.39, 0.29) is 6.61 Å². The predicted octanol–water partition coefficient (Wildman–Crippen LogP) is 1.94. The van der Waals surface area contributed by atoms with Crippen molar-refractivity contribution in [3.05, 3.63) is 65.7 Å². The quantitative estimate of drug-likeness (QED) is 0.430. The third kappa shape index (κ3) is 7.69. The largest absolute Gasteiger partial charge is 0.489 e. The lowest BCUT2D eigenvalue weighted by molar-refractivity contribution is -0.299. The average Bonchev–Trinajstić information content (AvgIpc) is 2.82. The molecule has 34 heavy (non-hydrogen) atoms. The molecule has 2 aromatic rings. The molecule has 0 aliphatic carbocycles. The first-order valence-corrected chi connectivity index (χ1v) is 14.1. The molecule has 0 spiro atoms. The van der Waals surface area contributed by atoms with Crippen LogP contribution in [0.1, 0.15) is 15.9 Å². The molecule has 8 nitrogen and oxygen atoms in total. The first-order valence-electron chi connectivity index (χ1n) is 11.1. The zero-order valence-corrected chi connectivity index (χ0v) is 20.5. The molecule has 5 atom stereocenters. The molecule has 1 aliphatic rings. The molecular formula is C25H34O8S. The molecular weight excluding hydrogens is 460 g/mol. The SMILES string of the molecule is CS(C)(C)CCO[C@@H]1O[C@H](COC(=O)c2ccc(OCc3ccccc3)cc2)[C@@H](O)[C@H](O)[C@H]1O. The monoisotopic (exact) mass is 494 g/mol. The average molecular weight is 495 g/mol. The maximum absolute atomic E-state index is 12.5. The number of carbonyl (C=O) groups excluding carboxylic acids is 1. The van der Waals surface area contributed by atoms with E-state index in [1.807, 2.05) is 30.3 Å². The van der Waals surface area contributed by atoms with E-state index >= 15 is 0 Å². The minimum atomic E-state index is -1.48. The van der Waals surface area contributed by atoms with Gasteiger partial charge in [-0.25, -0.2) is 14.8 Å². The van der Waals surface area contributed by atoms with Gasteiger partial charge in [0.25, 0.3) is 0 Å². The zero-order chi connectivity index (χ0) is 24.7. The topological polar surface area (TPSA) is 115 Å². The third-order valence-corrected chi connectivity index (χ3v) is 6.75. The summed E-state index contributed by atoms with van der Waals surface area (Å²) in [6.07, 6.45) is -0.0606. The summed E-state index contributed by atoms with van der Waals surface area (Å²) >= 11 is 0. The van der Waals surface area contributed by atoms with Crippen LogP contribution in [0.5, 0.6) is 5.75 Å². The molecule has 1 heterocycles. The molecule has 188 valence electrons. The van der Waals surface area contributed by atoms with Crippen LogP contribution in [-0.2, 0) is 20.8 Å². The highest BCUT2D eigenvalue weighted by atomic mass is 32.3. The van der Waals surface area contributed by atoms with E-state index in [4.69, 9.17) is 18.9 Å². The number of hydrogen-bond donors (Lipinski definition) is 3. The van der Waals surface area contributed by atoms with Crippen molar-refractivity contribution in [2.24, 2.45) is 0 Å². The molecule has 3 N–H and O–H groups in total. The normalized spacial score (nSPS) is 25.5. The van der Waals surface area contributed by atoms with Gasteiger partial charge in [-0.2, -0.15) is 0 Å². The number of aliphatic hydroxyl groups is 3. The van der Waals surface area contributed by atoms with E-state index in [1.54, 1.807) is 24.3 Å². The lowest BCUT2D eigenvalue weighted by Gasteiger charge is -2.40. The standard InChI is InChI=1S/C25H34O8S/c1-34(2,3)14-13-30-25-23(28)22(27)21(26)20(33-25)16-32-24(29)18-9-11-19(12-10-18)31-15-17-7-5-4-6-8-17/h4-12,20-23,25-28H,13-16H2,1-3H3/t20-,21-,22+,23-,25-/m1/s1. The lowest BCUT2D eigenvalue weighted by atomic mass is 9.99. The van der Waals surface area contributed by atoms with E-state index in [9.17, 15) is 20.1 Å². The number of aliphatic hydroxyl groups excluding tert-OH is 3.